The molecular weight excluding hydrogens is 214 g/mol. The number of rotatable bonds is 3. The van der Waals surface area contributed by atoms with Gasteiger partial charge in [-0.3, -0.25) is 0 Å². The van der Waals surface area contributed by atoms with E-state index >= 15 is 0 Å². The van der Waals surface area contributed by atoms with Crippen molar-refractivity contribution in [1.29, 1.82) is 0 Å². The third-order valence-corrected chi connectivity index (χ3v) is 2.92. The molecule has 0 saturated heterocycles. The number of hydrogen-bond acceptors (Lipinski definition) is 3. The van der Waals surface area contributed by atoms with Crippen molar-refractivity contribution in [2.24, 2.45) is 0 Å². The van der Waals surface area contributed by atoms with E-state index in [1.807, 2.05) is 18.2 Å². The van der Waals surface area contributed by atoms with Crippen molar-refractivity contribution in [3.8, 4) is 0 Å². The Morgan fingerprint density at radius 1 is 1.24 bits per heavy atom. The van der Waals surface area contributed by atoms with Crippen molar-refractivity contribution in [3.63, 3.8) is 0 Å². The molecule has 1 aromatic carbocycles. The van der Waals surface area contributed by atoms with Crippen LogP contribution in [0.15, 0.2) is 33.5 Å². The lowest BCUT2D eigenvalue weighted by Crippen LogP contribution is -2.21. The van der Waals surface area contributed by atoms with Crippen LogP contribution in [-0.2, 0) is 0 Å². The zero-order valence-corrected chi connectivity index (χ0v) is 10.2. The molecular formula is C14H16NO2. The van der Waals surface area contributed by atoms with E-state index in [2.05, 4.69) is 25.7 Å². The Morgan fingerprint density at radius 3 is 2.59 bits per heavy atom. The molecule has 0 fully saturated rings. The molecule has 0 atom stereocenters. The largest absolute Gasteiger partial charge is 0.422 e. The first kappa shape index (κ1) is 11.7. The summed E-state index contributed by atoms with van der Waals surface area (Å²) in [5, 5.41) is 0.908. The second-order valence-electron chi connectivity index (χ2n) is 3.95. The fraction of sp³-hybridized carbons (Fsp3) is 0.286. The third-order valence-electron chi connectivity index (χ3n) is 2.92. The van der Waals surface area contributed by atoms with Crippen LogP contribution in [0.5, 0.6) is 0 Å². The molecule has 89 valence electrons. The lowest BCUT2D eigenvalue weighted by Gasteiger charge is -2.20. The maximum atomic E-state index is 11.4. The van der Waals surface area contributed by atoms with Crippen LogP contribution < -0.4 is 10.5 Å². The van der Waals surface area contributed by atoms with Crippen molar-refractivity contribution in [2.75, 3.05) is 18.0 Å². The SMILES string of the molecule is [CH2]c1cc2ccc(N(CC)CC)cc2oc1=O. The number of fused-ring (bicyclic) bond motifs is 1. The lowest BCUT2D eigenvalue weighted by atomic mass is 10.1. The molecule has 1 heterocycles. The van der Waals surface area contributed by atoms with Gasteiger partial charge in [-0.15, -0.1) is 0 Å². The van der Waals surface area contributed by atoms with Gasteiger partial charge in [-0.2, -0.15) is 0 Å². The van der Waals surface area contributed by atoms with Crippen LogP contribution in [0.3, 0.4) is 0 Å². The topological polar surface area (TPSA) is 33.5 Å². The molecule has 2 rings (SSSR count). The van der Waals surface area contributed by atoms with Crippen LogP contribution in [0.1, 0.15) is 19.4 Å². The molecule has 1 aromatic heterocycles. The molecule has 2 aromatic rings. The average molecular weight is 230 g/mol. The minimum Gasteiger partial charge on any atom is -0.422 e. The Balaban J connectivity index is 2.57. The van der Waals surface area contributed by atoms with Crippen molar-refractivity contribution in [3.05, 3.63) is 47.2 Å². The zero-order valence-electron chi connectivity index (χ0n) is 10.2. The van der Waals surface area contributed by atoms with Gasteiger partial charge in [0.1, 0.15) is 5.58 Å². The Hall–Kier alpha value is -1.77. The van der Waals surface area contributed by atoms with Crippen molar-refractivity contribution in [1.82, 2.24) is 0 Å². The highest BCUT2D eigenvalue weighted by molar-refractivity contribution is 5.81. The Labute approximate surface area is 101 Å². The van der Waals surface area contributed by atoms with E-state index in [4.69, 9.17) is 4.42 Å². The van der Waals surface area contributed by atoms with Gasteiger partial charge in [0.2, 0.25) is 0 Å². The molecule has 0 unspecified atom stereocenters. The van der Waals surface area contributed by atoms with Gasteiger partial charge >= 0.3 is 5.63 Å². The predicted octanol–water partition coefficient (Wildman–Crippen LogP) is 2.82. The van der Waals surface area contributed by atoms with Gasteiger partial charge in [-0.05, 0) is 39.0 Å². The van der Waals surface area contributed by atoms with Gasteiger partial charge in [0.05, 0.1) is 0 Å². The monoisotopic (exact) mass is 230 g/mol. The van der Waals surface area contributed by atoms with E-state index < -0.39 is 0 Å². The summed E-state index contributed by atoms with van der Waals surface area (Å²) in [5.74, 6) is 0. The number of benzene rings is 1. The second kappa shape index (κ2) is 4.62. The molecule has 3 heteroatoms. The lowest BCUT2D eigenvalue weighted by molar-refractivity contribution is 0.557. The van der Waals surface area contributed by atoms with Crippen molar-refractivity contribution in [2.45, 2.75) is 13.8 Å². The zero-order chi connectivity index (χ0) is 12.4. The van der Waals surface area contributed by atoms with Gasteiger partial charge in [-0.25, -0.2) is 4.79 Å². The van der Waals surface area contributed by atoms with E-state index in [-0.39, 0.29) is 5.63 Å². The van der Waals surface area contributed by atoms with Crippen molar-refractivity contribution < 1.29 is 4.42 Å². The first-order chi connectivity index (χ1) is 8.15. The fourth-order valence-electron chi connectivity index (χ4n) is 1.93. The van der Waals surface area contributed by atoms with Crippen LogP contribution in [0, 0.1) is 6.92 Å². The number of anilines is 1. The molecule has 17 heavy (non-hydrogen) atoms. The second-order valence-corrected chi connectivity index (χ2v) is 3.95. The summed E-state index contributed by atoms with van der Waals surface area (Å²) in [5.41, 5.74) is 1.72. The summed E-state index contributed by atoms with van der Waals surface area (Å²) in [4.78, 5) is 13.6. The van der Waals surface area contributed by atoms with E-state index in [0.29, 0.717) is 11.1 Å². The van der Waals surface area contributed by atoms with Crippen LogP contribution in [0.25, 0.3) is 11.0 Å². The summed E-state index contributed by atoms with van der Waals surface area (Å²) in [6.07, 6.45) is 0. The van der Waals surface area contributed by atoms with Gasteiger partial charge in [0, 0.05) is 35.8 Å². The Kier molecular flexibility index (Phi) is 3.18. The van der Waals surface area contributed by atoms with Gasteiger partial charge in [-0.1, -0.05) is 0 Å². The highest BCUT2D eigenvalue weighted by Crippen LogP contribution is 2.21. The third kappa shape index (κ3) is 2.18. The van der Waals surface area contributed by atoms with E-state index in [1.165, 1.54) is 0 Å². The van der Waals surface area contributed by atoms with E-state index in [0.717, 1.165) is 24.2 Å². The molecule has 0 saturated carbocycles. The number of nitrogens with zero attached hydrogens (tertiary/aromatic N) is 1. The van der Waals surface area contributed by atoms with Crippen LogP contribution >= 0.6 is 0 Å². The smallest absolute Gasteiger partial charge is 0.339 e. The minimum absolute atomic E-state index is 0.366. The van der Waals surface area contributed by atoms with Gasteiger partial charge < -0.3 is 9.32 Å². The van der Waals surface area contributed by atoms with Crippen LogP contribution in [0.2, 0.25) is 0 Å². The molecule has 0 amide bonds. The molecule has 0 spiro atoms. The molecule has 0 bridgehead atoms. The van der Waals surface area contributed by atoms with Crippen molar-refractivity contribution >= 4 is 16.7 Å². The molecule has 0 aliphatic carbocycles. The summed E-state index contributed by atoms with van der Waals surface area (Å²) >= 11 is 0. The van der Waals surface area contributed by atoms with E-state index in [9.17, 15) is 4.79 Å². The quantitative estimate of drug-likeness (QED) is 0.760. The number of hydrogen-bond donors (Lipinski definition) is 0. The first-order valence-electron chi connectivity index (χ1n) is 5.80. The first-order valence-corrected chi connectivity index (χ1v) is 5.80. The highest BCUT2D eigenvalue weighted by Gasteiger charge is 2.06. The Bertz CT molecular complexity index is 582. The van der Waals surface area contributed by atoms with Crippen LogP contribution in [0.4, 0.5) is 5.69 Å². The van der Waals surface area contributed by atoms with Gasteiger partial charge in [0.25, 0.3) is 0 Å². The minimum atomic E-state index is -0.366. The normalized spacial score (nSPS) is 10.8. The average Bonchev–Trinajstić information content (AvgIpc) is 2.32. The molecule has 1 radical (unpaired) electrons. The standard InChI is InChI=1S/C14H16NO2/c1-4-15(5-2)12-7-6-11-8-10(3)14(16)17-13(11)9-12/h6-9H,3-5H2,1-2H3. The summed E-state index contributed by atoms with van der Waals surface area (Å²) < 4.78 is 5.23. The maximum absolute atomic E-state index is 11.4. The molecule has 0 aliphatic rings. The Morgan fingerprint density at radius 2 is 1.94 bits per heavy atom. The highest BCUT2D eigenvalue weighted by atomic mass is 16.4. The molecule has 3 nitrogen and oxygen atoms in total. The predicted molar refractivity (Wildman–Crippen MR) is 70.5 cm³/mol. The molecule has 0 N–H and O–H groups in total. The molecule has 0 aliphatic heterocycles. The maximum Gasteiger partial charge on any atom is 0.339 e. The van der Waals surface area contributed by atoms with Crippen LogP contribution in [-0.4, -0.2) is 13.1 Å². The summed E-state index contributed by atoms with van der Waals surface area (Å²) in [7, 11) is 0. The van der Waals surface area contributed by atoms with Gasteiger partial charge in [0.15, 0.2) is 0 Å². The summed E-state index contributed by atoms with van der Waals surface area (Å²) in [6.45, 7) is 9.70. The van der Waals surface area contributed by atoms with E-state index in [1.54, 1.807) is 6.07 Å². The summed E-state index contributed by atoms with van der Waals surface area (Å²) in [6, 6.07) is 7.66. The fourth-order valence-corrected chi connectivity index (χ4v) is 1.93.